The van der Waals surface area contributed by atoms with E-state index < -0.39 is 0 Å². The fourth-order valence-corrected chi connectivity index (χ4v) is 2.84. The summed E-state index contributed by atoms with van der Waals surface area (Å²) in [6, 6.07) is 5.20. The molecule has 0 radical (unpaired) electrons. The van der Waals surface area contributed by atoms with Gasteiger partial charge in [0.1, 0.15) is 0 Å². The maximum atomic E-state index is 12.8. The Labute approximate surface area is 136 Å². The van der Waals surface area contributed by atoms with Crippen LogP contribution in [0.4, 0.5) is 0 Å². The molecule has 1 aliphatic rings. The number of esters is 1. The minimum Gasteiger partial charge on any atom is -0.493 e. The molecule has 0 bridgehead atoms. The van der Waals surface area contributed by atoms with Crippen molar-refractivity contribution in [2.45, 2.75) is 19.8 Å². The smallest absolute Gasteiger partial charge is 0.310 e. The number of likely N-dealkylation sites (tertiary alicyclic amines) is 1. The van der Waals surface area contributed by atoms with Gasteiger partial charge in [-0.2, -0.15) is 0 Å². The fourth-order valence-electron chi connectivity index (χ4n) is 2.84. The molecular weight excluding hydrogens is 298 g/mol. The highest BCUT2D eigenvalue weighted by Crippen LogP contribution is 2.32. The number of methoxy groups -OCH3 is 2. The van der Waals surface area contributed by atoms with E-state index in [1.165, 1.54) is 14.2 Å². The number of hydrogen-bond donors (Lipinski definition) is 0. The number of ether oxygens (including phenoxy) is 3. The quantitative estimate of drug-likeness (QED) is 0.777. The maximum absolute atomic E-state index is 12.8. The molecular formula is C17H23NO5. The third-order valence-corrected chi connectivity index (χ3v) is 3.96. The molecule has 6 nitrogen and oxygen atoms in total. The molecule has 0 unspecified atom stereocenters. The molecule has 1 amide bonds. The number of rotatable bonds is 5. The van der Waals surface area contributed by atoms with Crippen LogP contribution in [0, 0.1) is 5.92 Å². The average molecular weight is 321 g/mol. The minimum atomic E-state index is -0.260. The zero-order chi connectivity index (χ0) is 16.8. The van der Waals surface area contributed by atoms with E-state index in [0.717, 1.165) is 12.8 Å². The molecule has 6 heteroatoms. The first-order chi connectivity index (χ1) is 11.1. The van der Waals surface area contributed by atoms with Crippen molar-refractivity contribution in [3.05, 3.63) is 23.8 Å². The monoisotopic (exact) mass is 321 g/mol. The first-order valence-corrected chi connectivity index (χ1v) is 7.79. The second kappa shape index (κ2) is 7.85. The molecule has 0 aliphatic carbocycles. The van der Waals surface area contributed by atoms with Gasteiger partial charge in [-0.25, -0.2) is 0 Å². The first-order valence-electron chi connectivity index (χ1n) is 7.79. The second-order valence-electron chi connectivity index (χ2n) is 5.38. The molecule has 0 N–H and O–H groups in total. The third-order valence-electron chi connectivity index (χ3n) is 3.96. The van der Waals surface area contributed by atoms with Crippen LogP contribution in [0.25, 0.3) is 0 Å². The second-order valence-corrected chi connectivity index (χ2v) is 5.38. The van der Waals surface area contributed by atoms with Crippen LogP contribution < -0.4 is 9.47 Å². The molecule has 1 saturated heterocycles. The van der Waals surface area contributed by atoms with E-state index in [2.05, 4.69) is 0 Å². The van der Waals surface area contributed by atoms with Gasteiger partial charge in [-0.3, -0.25) is 9.59 Å². The number of carbonyl (C=O) groups is 2. The number of hydrogen-bond acceptors (Lipinski definition) is 5. The molecule has 0 aromatic heterocycles. The van der Waals surface area contributed by atoms with Crippen molar-refractivity contribution in [2.24, 2.45) is 5.92 Å². The number of amides is 1. The zero-order valence-corrected chi connectivity index (χ0v) is 13.8. The van der Waals surface area contributed by atoms with Gasteiger partial charge >= 0.3 is 5.97 Å². The van der Waals surface area contributed by atoms with Gasteiger partial charge in [0.15, 0.2) is 11.5 Å². The summed E-state index contributed by atoms with van der Waals surface area (Å²) in [7, 11) is 3.04. The van der Waals surface area contributed by atoms with Gasteiger partial charge < -0.3 is 19.1 Å². The van der Waals surface area contributed by atoms with Gasteiger partial charge in [0.25, 0.3) is 5.91 Å². The molecule has 1 heterocycles. The summed E-state index contributed by atoms with van der Waals surface area (Å²) in [6.45, 7) is 3.13. The van der Waals surface area contributed by atoms with E-state index in [1.807, 2.05) is 0 Å². The van der Waals surface area contributed by atoms with Crippen molar-refractivity contribution in [3.8, 4) is 11.5 Å². The number of benzene rings is 1. The number of piperidine rings is 1. The zero-order valence-electron chi connectivity index (χ0n) is 13.8. The SMILES string of the molecule is CCOC(=O)[C@H]1CCCN(C(=O)c2cccc(OC)c2OC)C1. The van der Waals surface area contributed by atoms with E-state index in [4.69, 9.17) is 14.2 Å². The van der Waals surface area contributed by atoms with Crippen LogP contribution in [0.3, 0.4) is 0 Å². The molecule has 0 saturated carbocycles. The highest BCUT2D eigenvalue weighted by atomic mass is 16.5. The summed E-state index contributed by atoms with van der Waals surface area (Å²) in [4.78, 5) is 26.4. The van der Waals surface area contributed by atoms with Crippen LogP contribution in [-0.4, -0.2) is 50.7 Å². The minimum absolute atomic E-state index is 0.158. The summed E-state index contributed by atoms with van der Waals surface area (Å²) in [6.07, 6.45) is 1.53. The van der Waals surface area contributed by atoms with Crippen molar-refractivity contribution in [2.75, 3.05) is 33.9 Å². The summed E-state index contributed by atoms with van der Waals surface area (Å²) in [5.41, 5.74) is 0.441. The molecule has 1 fully saturated rings. The predicted octanol–water partition coefficient (Wildman–Crippen LogP) is 2.12. The van der Waals surface area contributed by atoms with Gasteiger partial charge in [0.05, 0.1) is 32.3 Å². The Kier molecular flexibility index (Phi) is 5.84. The topological polar surface area (TPSA) is 65.1 Å². The van der Waals surface area contributed by atoms with Crippen LogP contribution in [0.1, 0.15) is 30.1 Å². The highest BCUT2D eigenvalue weighted by molar-refractivity contribution is 5.98. The summed E-state index contributed by atoms with van der Waals surface area (Å²) >= 11 is 0. The lowest BCUT2D eigenvalue weighted by atomic mass is 9.97. The Bertz CT molecular complexity index is 572. The van der Waals surface area contributed by atoms with Crippen molar-refractivity contribution >= 4 is 11.9 Å². The lowest BCUT2D eigenvalue weighted by Crippen LogP contribution is -2.42. The lowest BCUT2D eigenvalue weighted by Gasteiger charge is -2.32. The van der Waals surface area contributed by atoms with E-state index in [0.29, 0.717) is 36.8 Å². The molecule has 0 spiro atoms. The van der Waals surface area contributed by atoms with Crippen LogP contribution in [-0.2, 0) is 9.53 Å². The number of carbonyl (C=O) groups excluding carboxylic acids is 2. The van der Waals surface area contributed by atoms with E-state index in [-0.39, 0.29) is 17.8 Å². The van der Waals surface area contributed by atoms with Crippen LogP contribution in [0.5, 0.6) is 11.5 Å². The van der Waals surface area contributed by atoms with Crippen molar-refractivity contribution in [3.63, 3.8) is 0 Å². The van der Waals surface area contributed by atoms with Crippen LogP contribution >= 0.6 is 0 Å². The highest BCUT2D eigenvalue weighted by Gasteiger charge is 2.31. The first kappa shape index (κ1) is 17.1. The van der Waals surface area contributed by atoms with Crippen molar-refractivity contribution < 1.29 is 23.8 Å². The van der Waals surface area contributed by atoms with E-state index in [9.17, 15) is 9.59 Å². The van der Waals surface area contributed by atoms with Gasteiger partial charge in [0.2, 0.25) is 0 Å². The van der Waals surface area contributed by atoms with Gasteiger partial charge in [-0.1, -0.05) is 6.07 Å². The standard InChI is InChI=1S/C17H23NO5/c1-4-23-17(20)12-7-6-10-18(11-12)16(19)13-8-5-9-14(21-2)15(13)22-3/h5,8-9,12H,4,6-7,10-11H2,1-3H3/t12-/m0/s1. The Morgan fingerprint density at radius 2 is 2.04 bits per heavy atom. The Morgan fingerprint density at radius 3 is 2.70 bits per heavy atom. The number of nitrogens with zero attached hydrogens (tertiary/aromatic N) is 1. The molecule has 2 rings (SSSR count). The largest absolute Gasteiger partial charge is 0.493 e. The number of para-hydroxylation sites is 1. The lowest BCUT2D eigenvalue weighted by molar-refractivity contribution is -0.149. The molecule has 126 valence electrons. The molecule has 1 aromatic carbocycles. The average Bonchev–Trinajstić information content (AvgIpc) is 2.60. The Hall–Kier alpha value is -2.24. The molecule has 1 aromatic rings. The van der Waals surface area contributed by atoms with Crippen LogP contribution in [0.2, 0.25) is 0 Å². The normalized spacial score (nSPS) is 17.5. The molecule has 1 atom stereocenters. The van der Waals surface area contributed by atoms with Gasteiger partial charge in [-0.15, -0.1) is 0 Å². The van der Waals surface area contributed by atoms with Gasteiger partial charge in [0, 0.05) is 13.1 Å². The summed E-state index contributed by atoms with van der Waals surface area (Å²) in [5.74, 6) is 0.275. The molecule has 23 heavy (non-hydrogen) atoms. The summed E-state index contributed by atoms with van der Waals surface area (Å²) < 4.78 is 15.6. The Morgan fingerprint density at radius 1 is 1.26 bits per heavy atom. The van der Waals surface area contributed by atoms with Crippen molar-refractivity contribution in [1.82, 2.24) is 4.90 Å². The summed E-state index contributed by atoms with van der Waals surface area (Å²) in [5, 5.41) is 0. The fraction of sp³-hybridized carbons (Fsp3) is 0.529. The van der Waals surface area contributed by atoms with Gasteiger partial charge in [-0.05, 0) is 31.9 Å². The third kappa shape index (κ3) is 3.75. The van der Waals surface area contributed by atoms with Crippen molar-refractivity contribution in [1.29, 1.82) is 0 Å². The van der Waals surface area contributed by atoms with E-state index in [1.54, 1.807) is 30.0 Å². The Balaban J connectivity index is 2.18. The van der Waals surface area contributed by atoms with Crippen LogP contribution in [0.15, 0.2) is 18.2 Å². The van der Waals surface area contributed by atoms with E-state index >= 15 is 0 Å². The molecule has 1 aliphatic heterocycles. The predicted molar refractivity (Wildman–Crippen MR) is 84.8 cm³/mol. The maximum Gasteiger partial charge on any atom is 0.310 e.